The van der Waals surface area contributed by atoms with Gasteiger partial charge in [0.25, 0.3) is 0 Å². The van der Waals surface area contributed by atoms with Crippen LogP contribution in [0.15, 0.2) is 35.1 Å². The lowest BCUT2D eigenvalue weighted by atomic mass is 10.1. The molecular formula is C15H14N4O. The molecule has 0 unspecified atom stereocenters. The van der Waals surface area contributed by atoms with Crippen LogP contribution in [0.2, 0.25) is 0 Å². The van der Waals surface area contributed by atoms with E-state index in [1.54, 1.807) is 18.2 Å². The fourth-order valence-corrected chi connectivity index (χ4v) is 2.33. The van der Waals surface area contributed by atoms with Crippen molar-refractivity contribution >= 4 is 11.0 Å². The molecule has 0 bridgehead atoms. The Morgan fingerprint density at radius 2 is 2.05 bits per heavy atom. The summed E-state index contributed by atoms with van der Waals surface area (Å²) >= 11 is 0. The second-order valence-corrected chi connectivity index (χ2v) is 5.64. The fourth-order valence-electron chi connectivity index (χ4n) is 2.33. The summed E-state index contributed by atoms with van der Waals surface area (Å²) in [5, 5.41) is 13.0. The number of hydrogen-bond donors (Lipinski definition) is 0. The van der Waals surface area contributed by atoms with Crippen molar-refractivity contribution in [3.63, 3.8) is 0 Å². The molecule has 0 aliphatic rings. The van der Waals surface area contributed by atoms with Crippen LogP contribution < -0.4 is 0 Å². The van der Waals surface area contributed by atoms with Crippen LogP contribution in [0, 0.1) is 11.3 Å². The van der Waals surface area contributed by atoms with Crippen LogP contribution in [0.4, 0.5) is 0 Å². The summed E-state index contributed by atoms with van der Waals surface area (Å²) in [6.45, 7) is 6.32. The monoisotopic (exact) mass is 266 g/mol. The van der Waals surface area contributed by atoms with Gasteiger partial charge in [0.1, 0.15) is 12.0 Å². The molecule has 0 amide bonds. The van der Waals surface area contributed by atoms with Gasteiger partial charge in [-0.2, -0.15) is 5.26 Å². The zero-order valence-corrected chi connectivity index (χ0v) is 11.6. The molecule has 5 heteroatoms. The minimum absolute atomic E-state index is 0.156. The molecule has 0 spiro atoms. The highest BCUT2D eigenvalue weighted by Gasteiger charge is 2.23. The molecule has 0 saturated heterocycles. The van der Waals surface area contributed by atoms with E-state index in [1.165, 1.54) is 6.26 Å². The van der Waals surface area contributed by atoms with E-state index in [1.807, 2.05) is 6.07 Å². The normalized spacial score (nSPS) is 11.7. The summed E-state index contributed by atoms with van der Waals surface area (Å²) in [6, 6.07) is 9.45. The molecule has 0 N–H and O–H groups in total. The Morgan fingerprint density at radius 3 is 2.65 bits per heavy atom. The van der Waals surface area contributed by atoms with Gasteiger partial charge in [0, 0.05) is 11.6 Å². The number of benzene rings is 1. The molecule has 0 aliphatic heterocycles. The molecule has 0 saturated carbocycles. The molecule has 2 heterocycles. The van der Waals surface area contributed by atoms with Gasteiger partial charge in [-0.3, -0.25) is 0 Å². The van der Waals surface area contributed by atoms with Crippen LogP contribution in [0.5, 0.6) is 0 Å². The third-order valence-corrected chi connectivity index (χ3v) is 3.12. The maximum atomic E-state index is 9.01. The van der Waals surface area contributed by atoms with E-state index in [9.17, 15) is 0 Å². The van der Waals surface area contributed by atoms with Gasteiger partial charge in [-0.05, 0) is 39.0 Å². The Morgan fingerprint density at radius 1 is 1.25 bits per heavy atom. The lowest BCUT2D eigenvalue weighted by molar-refractivity contribution is 0.404. The minimum Gasteiger partial charge on any atom is -0.364 e. The van der Waals surface area contributed by atoms with E-state index in [0.29, 0.717) is 11.3 Å². The summed E-state index contributed by atoms with van der Waals surface area (Å²) in [7, 11) is 0. The van der Waals surface area contributed by atoms with E-state index in [-0.39, 0.29) is 5.54 Å². The van der Waals surface area contributed by atoms with Crippen molar-refractivity contribution in [1.82, 2.24) is 14.7 Å². The van der Waals surface area contributed by atoms with Crippen molar-refractivity contribution in [3.8, 4) is 17.6 Å². The number of imidazole rings is 1. The first kappa shape index (κ1) is 12.4. The largest absolute Gasteiger partial charge is 0.364 e. The molecule has 1 aromatic carbocycles. The molecule has 5 nitrogen and oxygen atoms in total. The number of nitriles is 1. The Balaban J connectivity index is 2.37. The Bertz CT molecular complexity index is 801. The molecule has 3 rings (SSSR count). The van der Waals surface area contributed by atoms with E-state index in [2.05, 4.69) is 41.5 Å². The summed E-state index contributed by atoms with van der Waals surface area (Å²) in [6.07, 6.45) is 1.53. The van der Waals surface area contributed by atoms with Gasteiger partial charge in [0.15, 0.2) is 5.82 Å². The molecule has 20 heavy (non-hydrogen) atoms. The lowest BCUT2D eigenvalue weighted by Crippen LogP contribution is -2.22. The van der Waals surface area contributed by atoms with Gasteiger partial charge in [-0.15, -0.1) is 0 Å². The lowest BCUT2D eigenvalue weighted by Gasteiger charge is -2.24. The highest BCUT2D eigenvalue weighted by atomic mass is 16.5. The summed E-state index contributed by atoms with van der Waals surface area (Å²) in [5.74, 6) is 0.747. The highest BCUT2D eigenvalue weighted by Crippen LogP contribution is 2.30. The van der Waals surface area contributed by atoms with Gasteiger partial charge in [-0.25, -0.2) is 4.98 Å². The van der Waals surface area contributed by atoms with Crippen LogP contribution in [0.1, 0.15) is 26.3 Å². The molecule has 0 atom stereocenters. The third kappa shape index (κ3) is 1.86. The van der Waals surface area contributed by atoms with Crippen molar-refractivity contribution in [1.29, 1.82) is 5.26 Å². The zero-order chi connectivity index (χ0) is 14.3. The van der Waals surface area contributed by atoms with E-state index < -0.39 is 0 Å². The van der Waals surface area contributed by atoms with E-state index in [0.717, 1.165) is 16.9 Å². The molecule has 0 radical (unpaired) electrons. The predicted octanol–water partition coefficient (Wildman–Crippen LogP) is 3.32. The van der Waals surface area contributed by atoms with E-state index >= 15 is 0 Å². The minimum atomic E-state index is -0.156. The summed E-state index contributed by atoms with van der Waals surface area (Å²) in [4.78, 5) is 4.62. The second-order valence-electron chi connectivity index (χ2n) is 5.64. The van der Waals surface area contributed by atoms with Crippen LogP contribution in [-0.2, 0) is 5.54 Å². The Kier molecular flexibility index (Phi) is 2.61. The third-order valence-electron chi connectivity index (χ3n) is 3.12. The highest BCUT2D eigenvalue weighted by molar-refractivity contribution is 5.81. The first-order chi connectivity index (χ1) is 9.50. The fraction of sp³-hybridized carbons (Fsp3) is 0.267. The van der Waals surface area contributed by atoms with Gasteiger partial charge in [0.05, 0.1) is 22.7 Å². The van der Waals surface area contributed by atoms with Crippen LogP contribution in [-0.4, -0.2) is 14.7 Å². The number of aromatic nitrogens is 3. The predicted molar refractivity (Wildman–Crippen MR) is 74.9 cm³/mol. The van der Waals surface area contributed by atoms with Crippen LogP contribution in [0.25, 0.3) is 22.6 Å². The zero-order valence-electron chi connectivity index (χ0n) is 11.6. The smallest absolute Gasteiger partial charge is 0.163 e. The maximum absolute atomic E-state index is 9.01. The molecule has 2 aromatic heterocycles. The van der Waals surface area contributed by atoms with Crippen molar-refractivity contribution in [2.75, 3.05) is 0 Å². The first-order valence-corrected chi connectivity index (χ1v) is 6.34. The number of nitrogens with zero attached hydrogens (tertiary/aromatic N) is 4. The van der Waals surface area contributed by atoms with Crippen molar-refractivity contribution in [3.05, 3.63) is 36.1 Å². The van der Waals surface area contributed by atoms with Gasteiger partial charge in [-0.1, -0.05) is 5.16 Å². The molecule has 0 aliphatic carbocycles. The van der Waals surface area contributed by atoms with Crippen LogP contribution in [0.3, 0.4) is 0 Å². The van der Waals surface area contributed by atoms with E-state index in [4.69, 9.17) is 9.78 Å². The standard InChI is InChI=1S/C15H14N4O/c1-15(2,3)19-13-5-4-10(9-16)8-12(13)17-14(19)11-6-7-20-18-11/h4-8H,1-3H3. The number of fused-ring (bicyclic) bond motifs is 1. The Labute approximate surface area is 116 Å². The van der Waals surface area contributed by atoms with Crippen LogP contribution >= 0.6 is 0 Å². The topological polar surface area (TPSA) is 67.6 Å². The average molecular weight is 266 g/mol. The summed E-state index contributed by atoms with van der Waals surface area (Å²) < 4.78 is 7.03. The summed E-state index contributed by atoms with van der Waals surface area (Å²) in [5.41, 5.74) is 2.90. The van der Waals surface area contributed by atoms with Gasteiger partial charge < -0.3 is 9.09 Å². The molecule has 3 aromatic rings. The SMILES string of the molecule is CC(C)(C)n1c(-c2ccon2)nc2cc(C#N)ccc21. The number of rotatable bonds is 1. The van der Waals surface area contributed by atoms with Crippen molar-refractivity contribution in [2.45, 2.75) is 26.3 Å². The molecular weight excluding hydrogens is 252 g/mol. The van der Waals surface area contributed by atoms with Crippen molar-refractivity contribution in [2.24, 2.45) is 0 Å². The van der Waals surface area contributed by atoms with Gasteiger partial charge in [0.2, 0.25) is 0 Å². The molecule has 0 fully saturated rings. The average Bonchev–Trinajstić information content (AvgIpc) is 3.03. The Hall–Kier alpha value is -2.61. The second kappa shape index (κ2) is 4.20. The number of hydrogen-bond acceptors (Lipinski definition) is 4. The van der Waals surface area contributed by atoms with Crippen molar-refractivity contribution < 1.29 is 4.52 Å². The van der Waals surface area contributed by atoms with Gasteiger partial charge >= 0.3 is 0 Å². The molecule has 100 valence electrons. The maximum Gasteiger partial charge on any atom is 0.163 e. The quantitative estimate of drug-likeness (QED) is 0.677. The first-order valence-electron chi connectivity index (χ1n) is 6.34.